The predicted octanol–water partition coefficient (Wildman–Crippen LogP) is 2.91. The van der Waals surface area contributed by atoms with Gasteiger partial charge in [-0.05, 0) is 30.5 Å². The first-order chi connectivity index (χ1) is 8.71. The number of hydrogen-bond acceptors (Lipinski definition) is 3. The molecule has 0 bridgehead atoms. The van der Waals surface area contributed by atoms with E-state index in [1.807, 2.05) is 12.1 Å². The van der Waals surface area contributed by atoms with Gasteiger partial charge in [0.05, 0.1) is 6.61 Å². The molecule has 0 fully saturated rings. The van der Waals surface area contributed by atoms with Crippen molar-refractivity contribution in [3.63, 3.8) is 0 Å². The van der Waals surface area contributed by atoms with Crippen LogP contribution in [0.3, 0.4) is 0 Å². The summed E-state index contributed by atoms with van der Waals surface area (Å²) in [6.07, 6.45) is 2.35. The lowest BCUT2D eigenvalue weighted by Crippen LogP contribution is -2.36. The van der Waals surface area contributed by atoms with E-state index in [1.165, 1.54) is 18.4 Å². The van der Waals surface area contributed by atoms with Crippen molar-refractivity contribution < 1.29 is 4.74 Å². The van der Waals surface area contributed by atoms with Gasteiger partial charge >= 0.3 is 0 Å². The van der Waals surface area contributed by atoms with Gasteiger partial charge in [-0.15, -0.1) is 0 Å². The van der Waals surface area contributed by atoms with Gasteiger partial charge in [-0.3, -0.25) is 4.90 Å². The van der Waals surface area contributed by atoms with Crippen molar-refractivity contribution in [1.82, 2.24) is 4.90 Å². The van der Waals surface area contributed by atoms with Gasteiger partial charge in [0.1, 0.15) is 0 Å². The number of benzene rings is 1. The van der Waals surface area contributed by atoms with Gasteiger partial charge in [0, 0.05) is 31.9 Å². The Morgan fingerprint density at radius 3 is 2.28 bits per heavy atom. The van der Waals surface area contributed by atoms with Crippen LogP contribution in [0.15, 0.2) is 24.3 Å². The Balaban J connectivity index is 2.67. The van der Waals surface area contributed by atoms with E-state index in [2.05, 4.69) is 30.9 Å². The Labute approximate surface area is 111 Å². The largest absolute Gasteiger partial charge is 0.399 e. The second kappa shape index (κ2) is 8.11. The zero-order chi connectivity index (χ0) is 13.4. The summed E-state index contributed by atoms with van der Waals surface area (Å²) in [5.74, 6) is 0. The molecule has 1 aromatic carbocycles. The minimum atomic E-state index is 0.623. The fraction of sp³-hybridized carbons (Fsp3) is 0.600. The molecule has 2 N–H and O–H groups in total. The van der Waals surface area contributed by atoms with Gasteiger partial charge in [-0.25, -0.2) is 0 Å². The highest BCUT2D eigenvalue weighted by Gasteiger charge is 2.14. The van der Waals surface area contributed by atoms with Gasteiger partial charge in [0.25, 0.3) is 0 Å². The molecule has 102 valence electrons. The Morgan fingerprint density at radius 2 is 1.78 bits per heavy atom. The predicted molar refractivity (Wildman–Crippen MR) is 77.5 cm³/mol. The Bertz CT molecular complexity index is 320. The highest BCUT2D eigenvalue weighted by molar-refractivity contribution is 5.39. The topological polar surface area (TPSA) is 38.5 Å². The molecule has 1 rings (SSSR count). The minimum Gasteiger partial charge on any atom is -0.399 e. The number of ether oxygens (including phenoxy) is 1. The van der Waals surface area contributed by atoms with Gasteiger partial charge in [-0.1, -0.05) is 26.0 Å². The number of hydrogen-bond donors (Lipinski definition) is 1. The molecule has 0 amide bonds. The van der Waals surface area contributed by atoms with E-state index in [1.54, 1.807) is 7.11 Å². The highest BCUT2D eigenvalue weighted by Crippen LogP contribution is 2.14. The molecule has 3 nitrogen and oxygen atoms in total. The normalized spacial score (nSPS) is 11.4. The number of nitrogens with zero attached hydrogens (tertiary/aromatic N) is 1. The molecule has 1 aromatic rings. The second-order valence-corrected chi connectivity index (χ2v) is 4.68. The third-order valence-electron chi connectivity index (χ3n) is 3.41. The number of rotatable bonds is 8. The van der Waals surface area contributed by atoms with Crippen molar-refractivity contribution in [2.45, 2.75) is 39.3 Å². The average Bonchev–Trinajstić information content (AvgIpc) is 2.39. The quantitative estimate of drug-likeness (QED) is 0.721. The number of methoxy groups -OCH3 is 1. The molecule has 0 atom stereocenters. The van der Waals surface area contributed by atoms with Crippen LogP contribution in [-0.4, -0.2) is 31.2 Å². The van der Waals surface area contributed by atoms with Gasteiger partial charge < -0.3 is 10.5 Å². The van der Waals surface area contributed by atoms with Crippen LogP contribution in [0.25, 0.3) is 0 Å². The number of nitrogen functional groups attached to an aromatic ring is 1. The third kappa shape index (κ3) is 4.67. The summed E-state index contributed by atoms with van der Waals surface area (Å²) in [5.41, 5.74) is 7.85. The Morgan fingerprint density at radius 1 is 1.17 bits per heavy atom. The molecular weight excluding hydrogens is 224 g/mol. The lowest BCUT2D eigenvalue weighted by molar-refractivity contribution is 0.110. The maximum Gasteiger partial charge on any atom is 0.0589 e. The molecule has 0 heterocycles. The first kappa shape index (κ1) is 15.0. The summed E-state index contributed by atoms with van der Waals surface area (Å²) in [4.78, 5) is 2.50. The molecule has 0 saturated heterocycles. The molecule has 0 aromatic heterocycles. The average molecular weight is 250 g/mol. The first-order valence-electron chi connectivity index (χ1n) is 6.78. The van der Waals surface area contributed by atoms with E-state index in [0.29, 0.717) is 6.04 Å². The van der Waals surface area contributed by atoms with Gasteiger partial charge in [0.15, 0.2) is 0 Å². The van der Waals surface area contributed by atoms with Gasteiger partial charge in [-0.2, -0.15) is 0 Å². The van der Waals surface area contributed by atoms with E-state index >= 15 is 0 Å². The smallest absolute Gasteiger partial charge is 0.0589 e. The van der Waals surface area contributed by atoms with Crippen LogP contribution >= 0.6 is 0 Å². The van der Waals surface area contributed by atoms with Crippen molar-refractivity contribution in [2.24, 2.45) is 0 Å². The first-order valence-corrected chi connectivity index (χ1v) is 6.78. The highest BCUT2D eigenvalue weighted by atomic mass is 16.5. The van der Waals surface area contributed by atoms with Crippen LogP contribution in [-0.2, 0) is 11.3 Å². The van der Waals surface area contributed by atoms with Crippen LogP contribution in [0.5, 0.6) is 0 Å². The van der Waals surface area contributed by atoms with E-state index in [0.717, 1.165) is 25.4 Å². The molecule has 3 heteroatoms. The maximum atomic E-state index is 5.72. The summed E-state index contributed by atoms with van der Waals surface area (Å²) in [5, 5.41) is 0. The zero-order valence-electron chi connectivity index (χ0n) is 11.9. The molecule has 0 aliphatic carbocycles. The minimum absolute atomic E-state index is 0.623. The van der Waals surface area contributed by atoms with Crippen LogP contribution in [0.4, 0.5) is 5.69 Å². The number of nitrogens with two attached hydrogens (primary N) is 1. The van der Waals surface area contributed by atoms with E-state index in [-0.39, 0.29) is 0 Å². The summed E-state index contributed by atoms with van der Waals surface area (Å²) in [7, 11) is 1.76. The second-order valence-electron chi connectivity index (χ2n) is 4.68. The van der Waals surface area contributed by atoms with Crippen molar-refractivity contribution in [2.75, 3.05) is 26.0 Å². The number of anilines is 1. The molecule has 0 aliphatic rings. The summed E-state index contributed by atoms with van der Waals surface area (Å²) >= 11 is 0. The van der Waals surface area contributed by atoms with E-state index < -0.39 is 0 Å². The molecular formula is C15H26N2O. The van der Waals surface area contributed by atoms with Crippen molar-refractivity contribution in [3.05, 3.63) is 29.8 Å². The van der Waals surface area contributed by atoms with E-state index in [4.69, 9.17) is 10.5 Å². The fourth-order valence-electron chi connectivity index (χ4n) is 2.26. The Kier molecular flexibility index (Phi) is 6.76. The van der Waals surface area contributed by atoms with Crippen LogP contribution < -0.4 is 5.73 Å². The van der Waals surface area contributed by atoms with Crippen molar-refractivity contribution in [1.29, 1.82) is 0 Å². The van der Waals surface area contributed by atoms with E-state index in [9.17, 15) is 0 Å². The Hall–Kier alpha value is -1.06. The zero-order valence-corrected chi connectivity index (χ0v) is 11.9. The standard InChI is InChI=1S/C15H26N2O/c1-4-15(5-2)17(10-11-18-3)12-13-6-8-14(16)9-7-13/h6-9,15H,4-5,10-12,16H2,1-3H3. The molecule has 0 radical (unpaired) electrons. The van der Waals surface area contributed by atoms with Crippen LogP contribution in [0.2, 0.25) is 0 Å². The molecule has 0 spiro atoms. The summed E-state index contributed by atoms with van der Waals surface area (Å²) in [6, 6.07) is 8.78. The molecule has 0 unspecified atom stereocenters. The maximum absolute atomic E-state index is 5.72. The molecule has 0 aliphatic heterocycles. The van der Waals surface area contributed by atoms with Crippen molar-refractivity contribution in [3.8, 4) is 0 Å². The third-order valence-corrected chi connectivity index (χ3v) is 3.41. The van der Waals surface area contributed by atoms with Gasteiger partial charge in [0.2, 0.25) is 0 Å². The lowest BCUT2D eigenvalue weighted by atomic mass is 10.1. The lowest BCUT2D eigenvalue weighted by Gasteiger charge is -2.30. The summed E-state index contributed by atoms with van der Waals surface area (Å²) < 4.78 is 5.21. The monoisotopic (exact) mass is 250 g/mol. The summed E-state index contributed by atoms with van der Waals surface area (Å²) in [6.45, 7) is 7.22. The SMILES string of the molecule is CCC(CC)N(CCOC)Cc1ccc(N)cc1. The van der Waals surface area contributed by atoms with Crippen LogP contribution in [0, 0.1) is 0 Å². The van der Waals surface area contributed by atoms with Crippen molar-refractivity contribution >= 4 is 5.69 Å². The molecule has 0 saturated carbocycles. The molecule has 18 heavy (non-hydrogen) atoms. The fourth-order valence-corrected chi connectivity index (χ4v) is 2.26. The van der Waals surface area contributed by atoms with Crippen LogP contribution in [0.1, 0.15) is 32.3 Å².